The minimum atomic E-state index is -0.631. The molecule has 0 bridgehead atoms. The van der Waals surface area contributed by atoms with E-state index >= 15 is 0 Å². The van der Waals surface area contributed by atoms with Crippen molar-refractivity contribution in [3.63, 3.8) is 0 Å². The summed E-state index contributed by atoms with van der Waals surface area (Å²) < 4.78 is 0. The maximum absolute atomic E-state index is 10.2. The van der Waals surface area contributed by atoms with Crippen LogP contribution in [-0.4, -0.2) is 22.5 Å². The number of thioether (sulfide) groups is 1. The first kappa shape index (κ1) is 7.27. The van der Waals surface area contributed by atoms with Crippen LogP contribution in [0.2, 0.25) is 0 Å². The van der Waals surface area contributed by atoms with Gasteiger partial charge in [-0.05, 0) is 0 Å². The molecule has 0 unspecified atom stereocenters. The molecule has 0 atom stereocenters. The van der Waals surface area contributed by atoms with E-state index in [1.54, 1.807) is 0 Å². The van der Waals surface area contributed by atoms with E-state index in [0.717, 1.165) is 0 Å². The Morgan fingerprint density at radius 1 is 1.80 bits per heavy atom. The van der Waals surface area contributed by atoms with Gasteiger partial charge in [0.05, 0.1) is 6.42 Å². The summed E-state index contributed by atoms with van der Waals surface area (Å²) in [7, 11) is 0. The minimum absolute atomic E-state index is 0.0787. The van der Waals surface area contributed by atoms with Gasteiger partial charge in [-0.3, -0.25) is 15.9 Å². The topological polar surface area (TPSA) is 77.1 Å². The van der Waals surface area contributed by atoms with Crippen LogP contribution in [0.3, 0.4) is 0 Å². The van der Waals surface area contributed by atoms with Gasteiger partial charge < -0.3 is 0 Å². The van der Waals surface area contributed by atoms with E-state index in [1.807, 2.05) is 0 Å². The van der Waals surface area contributed by atoms with E-state index in [-0.39, 0.29) is 11.6 Å². The molecular weight excluding hydrogens is 150 g/mol. The largest absolute Gasteiger partial charge is 0.277 e. The van der Waals surface area contributed by atoms with Crippen molar-refractivity contribution < 1.29 is 4.79 Å². The summed E-state index contributed by atoms with van der Waals surface area (Å²) in [5.41, 5.74) is 7.26. The van der Waals surface area contributed by atoms with Gasteiger partial charge in [-0.25, -0.2) is 4.99 Å². The Labute approximate surface area is 62.4 Å². The number of carbonyl (C=O) groups excluding carboxylic acids is 1. The Morgan fingerprint density at radius 2 is 2.50 bits per heavy atom. The summed E-state index contributed by atoms with van der Waals surface area (Å²) in [5.74, 6) is -0.0299. The van der Waals surface area contributed by atoms with Crippen molar-refractivity contribution in [2.45, 2.75) is 6.42 Å². The fraction of sp³-hybridized carbons (Fsp3) is 0.400. The highest BCUT2D eigenvalue weighted by Gasteiger charge is 2.13. The average molecular weight is 156 g/mol. The van der Waals surface area contributed by atoms with Crippen LogP contribution in [0, 0.1) is 5.41 Å². The van der Waals surface area contributed by atoms with Crippen LogP contribution in [-0.2, 0) is 4.79 Å². The van der Waals surface area contributed by atoms with Gasteiger partial charge in [-0.1, -0.05) is 11.8 Å². The van der Waals surface area contributed by atoms with Crippen LogP contribution < -0.4 is 5.73 Å². The quantitative estimate of drug-likeness (QED) is 0.624. The number of amidine groups is 1. The van der Waals surface area contributed by atoms with Crippen LogP contribution >= 0.6 is 11.8 Å². The average Bonchev–Trinajstić information content (AvgIpc) is 2.13. The zero-order chi connectivity index (χ0) is 7.56. The van der Waals surface area contributed by atoms with Crippen molar-refractivity contribution in [2.75, 3.05) is 5.75 Å². The van der Waals surface area contributed by atoms with Crippen molar-refractivity contribution in [2.24, 2.45) is 4.99 Å². The number of hydrogen-bond donors (Lipinski definition) is 1. The van der Waals surface area contributed by atoms with Crippen LogP contribution in [0.5, 0.6) is 0 Å². The van der Waals surface area contributed by atoms with Crippen LogP contribution in [0.25, 0.3) is 0 Å². The van der Waals surface area contributed by atoms with Gasteiger partial charge in [-0.2, -0.15) is 0 Å². The number of nitrogens with one attached hydrogen (secondary N) is 2. The fourth-order valence-corrected chi connectivity index (χ4v) is 1.30. The van der Waals surface area contributed by atoms with Gasteiger partial charge in [0.1, 0.15) is 0 Å². The molecule has 0 aromatic heterocycles. The Bertz CT molecular complexity index is 211. The molecule has 5 heteroatoms. The molecule has 0 aromatic rings. The fourth-order valence-electron chi connectivity index (χ4n) is 0.636. The Kier molecular flexibility index (Phi) is 2.06. The minimum Gasteiger partial charge on any atom is -0.277 e. The summed E-state index contributed by atoms with van der Waals surface area (Å²) in [6.07, 6.45) is 0.0787. The molecule has 1 radical (unpaired) electrons. The van der Waals surface area contributed by atoms with Gasteiger partial charge in [-0.15, -0.1) is 0 Å². The van der Waals surface area contributed by atoms with E-state index in [2.05, 4.69) is 4.99 Å². The third-order valence-electron chi connectivity index (χ3n) is 1.000. The second-order valence-electron chi connectivity index (χ2n) is 1.87. The molecule has 1 aliphatic heterocycles. The molecule has 1 heterocycles. The Balaban J connectivity index is 2.50. The molecule has 0 aromatic carbocycles. The number of amides is 1. The molecule has 10 heavy (non-hydrogen) atoms. The van der Waals surface area contributed by atoms with E-state index in [4.69, 9.17) is 11.1 Å². The summed E-state index contributed by atoms with van der Waals surface area (Å²) in [4.78, 5) is 14.0. The lowest BCUT2D eigenvalue weighted by molar-refractivity contribution is -0.117. The summed E-state index contributed by atoms with van der Waals surface area (Å²) in [6.45, 7) is 0. The van der Waals surface area contributed by atoms with E-state index in [1.165, 1.54) is 11.8 Å². The monoisotopic (exact) mass is 156 g/mol. The maximum atomic E-state index is 10.2. The van der Waals surface area contributed by atoms with Gasteiger partial charge in [0.25, 0.3) is 0 Å². The standard InChI is InChI=1S/C5H6N3OS/c6-4(9)1-3-2-10-5(7)8-3/h6-7H,1-2H2. The molecule has 0 saturated carbocycles. The van der Waals surface area contributed by atoms with Gasteiger partial charge in [0.15, 0.2) is 5.17 Å². The molecule has 0 aliphatic carbocycles. The van der Waals surface area contributed by atoms with E-state index in [0.29, 0.717) is 11.5 Å². The zero-order valence-corrected chi connectivity index (χ0v) is 5.99. The molecule has 0 saturated heterocycles. The van der Waals surface area contributed by atoms with Crippen molar-refractivity contribution in [1.29, 1.82) is 5.41 Å². The van der Waals surface area contributed by atoms with Crippen molar-refractivity contribution in [1.82, 2.24) is 5.73 Å². The normalized spacial score (nSPS) is 17.2. The second kappa shape index (κ2) is 2.83. The third-order valence-corrected chi connectivity index (χ3v) is 1.84. The molecule has 53 valence electrons. The molecule has 1 rings (SSSR count). The smallest absolute Gasteiger partial charge is 0.244 e. The van der Waals surface area contributed by atoms with Gasteiger partial charge in [0, 0.05) is 11.5 Å². The predicted molar refractivity (Wildman–Crippen MR) is 40.3 cm³/mol. The number of rotatable bonds is 2. The highest BCUT2D eigenvalue weighted by atomic mass is 32.2. The number of nitrogens with zero attached hydrogens (tertiary/aromatic N) is 1. The predicted octanol–water partition coefficient (Wildman–Crippen LogP) is 0.309. The van der Waals surface area contributed by atoms with Crippen molar-refractivity contribution in [3.05, 3.63) is 0 Å². The number of hydrogen-bond acceptors (Lipinski definition) is 3. The number of aliphatic imine (C=N–C) groups is 1. The Morgan fingerprint density at radius 3 is 2.90 bits per heavy atom. The molecule has 1 amide bonds. The SMILES string of the molecule is [NH]C(=O)CC1=NC(=N)SC1. The molecular formula is C5H6N3OS. The first-order chi connectivity index (χ1) is 4.68. The highest BCUT2D eigenvalue weighted by molar-refractivity contribution is 8.14. The number of carbonyl (C=O) groups is 1. The third kappa shape index (κ3) is 1.84. The molecule has 4 nitrogen and oxygen atoms in total. The van der Waals surface area contributed by atoms with E-state index in [9.17, 15) is 4.79 Å². The maximum Gasteiger partial charge on any atom is 0.244 e. The van der Waals surface area contributed by atoms with Crippen molar-refractivity contribution >= 4 is 28.5 Å². The van der Waals surface area contributed by atoms with Crippen molar-refractivity contribution in [3.8, 4) is 0 Å². The summed E-state index contributed by atoms with van der Waals surface area (Å²) in [5, 5.41) is 7.27. The lowest BCUT2D eigenvalue weighted by Crippen LogP contribution is -2.07. The van der Waals surface area contributed by atoms with Crippen LogP contribution in [0.4, 0.5) is 0 Å². The first-order valence-electron chi connectivity index (χ1n) is 2.70. The highest BCUT2D eigenvalue weighted by Crippen LogP contribution is 2.13. The lowest BCUT2D eigenvalue weighted by Gasteiger charge is -1.88. The molecule has 0 fully saturated rings. The van der Waals surface area contributed by atoms with Crippen LogP contribution in [0.1, 0.15) is 6.42 Å². The summed E-state index contributed by atoms with van der Waals surface area (Å²) >= 11 is 1.29. The molecule has 0 spiro atoms. The Hall–Kier alpha value is -0.840. The molecule has 2 N–H and O–H groups in total. The zero-order valence-electron chi connectivity index (χ0n) is 5.18. The van der Waals surface area contributed by atoms with E-state index < -0.39 is 5.91 Å². The van der Waals surface area contributed by atoms with Gasteiger partial charge >= 0.3 is 0 Å². The summed E-state index contributed by atoms with van der Waals surface area (Å²) in [6, 6.07) is 0. The molecule has 1 aliphatic rings. The second-order valence-corrected chi connectivity index (χ2v) is 2.84. The van der Waals surface area contributed by atoms with Gasteiger partial charge in [0.2, 0.25) is 5.91 Å². The lowest BCUT2D eigenvalue weighted by atomic mass is 10.3. The van der Waals surface area contributed by atoms with Crippen LogP contribution in [0.15, 0.2) is 4.99 Å². The first-order valence-corrected chi connectivity index (χ1v) is 3.69.